The molecule has 1 heterocycles. The van der Waals surface area contributed by atoms with Crippen molar-refractivity contribution in [2.24, 2.45) is 0 Å². The lowest BCUT2D eigenvalue weighted by Crippen LogP contribution is -2.01. The number of hydrogen-bond donors (Lipinski definition) is 1. The predicted molar refractivity (Wildman–Crippen MR) is 70.4 cm³/mol. The summed E-state index contributed by atoms with van der Waals surface area (Å²) in [6.07, 6.45) is 2.95. The maximum absolute atomic E-state index is 9.70. The lowest BCUT2D eigenvalue weighted by atomic mass is 10.1. The third kappa shape index (κ3) is 3.08. The Kier molecular flexibility index (Phi) is 3.95. The molecular weight excluding hydrogens is 226 g/mol. The molecule has 18 heavy (non-hydrogen) atoms. The van der Waals surface area contributed by atoms with Gasteiger partial charge in [0.15, 0.2) is 0 Å². The first kappa shape index (κ1) is 12.6. The second-order valence-corrected chi connectivity index (χ2v) is 4.36. The molecule has 0 aliphatic heterocycles. The van der Waals surface area contributed by atoms with Crippen molar-refractivity contribution < 1.29 is 9.84 Å². The van der Waals surface area contributed by atoms with Crippen molar-refractivity contribution in [3.63, 3.8) is 0 Å². The van der Waals surface area contributed by atoms with E-state index in [9.17, 15) is 5.11 Å². The van der Waals surface area contributed by atoms with Gasteiger partial charge in [0.25, 0.3) is 0 Å². The topological polar surface area (TPSA) is 42.4 Å². The Labute approximate surface area is 107 Å². The molecule has 0 fully saturated rings. The van der Waals surface area contributed by atoms with Gasteiger partial charge in [0.1, 0.15) is 12.4 Å². The Bertz CT molecular complexity index is 509. The summed E-state index contributed by atoms with van der Waals surface area (Å²) >= 11 is 0. The van der Waals surface area contributed by atoms with E-state index in [0.717, 1.165) is 22.4 Å². The quantitative estimate of drug-likeness (QED) is 0.897. The lowest BCUT2D eigenvalue weighted by Gasteiger charge is -2.14. The zero-order valence-electron chi connectivity index (χ0n) is 10.6. The molecule has 0 saturated carbocycles. The van der Waals surface area contributed by atoms with E-state index in [-0.39, 0.29) is 0 Å². The number of aryl methyl sites for hydroxylation is 1. The summed E-state index contributed by atoms with van der Waals surface area (Å²) in [5.74, 6) is 0.738. The lowest BCUT2D eigenvalue weighted by molar-refractivity contribution is 0.190. The fraction of sp³-hybridized carbons (Fsp3) is 0.267. The van der Waals surface area contributed by atoms with Gasteiger partial charge in [-0.05, 0) is 43.2 Å². The third-order valence-corrected chi connectivity index (χ3v) is 2.76. The standard InChI is InChI=1S/C15H17NO2/c1-11-3-4-14(12(2)17)15(9-11)18-10-13-5-7-16-8-6-13/h3-9,12,17H,10H2,1-2H3/t12-/m1/s1. The first-order valence-electron chi connectivity index (χ1n) is 5.97. The van der Waals surface area contributed by atoms with Crippen LogP contribution in [0.5, 0.6) is 5.75 Å². The molecule has 2 rings (SSSR count). The van der Waals surface area contributed by atoms with E-state index in [2.05, 4.69) is 4.98 Å². The molecule has 1 aromatic heterocycles. The van der Waals surface area contributed by atoms with E-state index in [0.29, 0.717) is 6.61 Å². The van der Waals surface area contributed by atoms with Crippen LogP contribution in [0.2, 0.25) is 0 Å². The Morgan fingerprint density at radius 3 is 2.61 bits per heavy atom. The Morgan fingerprint density at radius 2 is 1.94 bits per heavy atom. The summed E-state index contributed by atoms with van der Waals surface area (Å²) in [4.78, 5) is 3.96. The molecule has 0 unspecified atom stereocenters. The van der Waals surface area contributed by atoms with Crippen molar-refractivity contribution in [3.8, 4) is 5.75 Å². The van der Waals surface area contributed by atoms with Crippen LogP contribution in [0.1, 0.15) is 29.7 Å². The molecule has 3 heteroatoms. The highest BCUT2D eigenvalue weighted by atomic mass is 16.5. The first-order chi connectivity index (χ1) is 8.66. The number of ether oxygens (including phenoxy) is 1. The van der Waals surface area contributed by atoms with E-state index in [4.69, 9.17) is 4.74 Å². The number of pyridine rings is 1. The van der Waals surface area contributed by atoms with Gasteiger partial charge < -0.3 is 9.84 Å². The molecule has 0 aliphatic rings. The van der Waals surface area contributed by atoms with Gasteiger partial charge in [-0.2, -0.15) is 0 Å². The van der Waals surface area contributed by atoms with Crippen molar-refractivity contribution in [2.45, 2.75) is 26.6 Å². The molecule has 0 saturated heterocycles. The summed E-state index contributed by atoms with van der Waals surface area (Å²) in [6, 6.07) is 9.65. The highest BCUT2D eigenvalue weighted by Crippen LogP contribution is 2.26. The molecule has 1 aromatic carbocycles. The van der Waals surface area contributed by atoms with Crippen molar-refractivity contribution in [3.05, 3.63) is 59.4 Å². The second-order valence-electron chi connectivity index (χ2n) is 4.36. The zero-order valence-corrected chi connectivity index (χ0v) is 10.6. The number of benzene rings is 1. The molecule has 1 atom stereocenters. The molecular formula is C15H17NO2. The highest BCUT2D eigenvalue weighted by Gasteiger charge is 2.09. The van der Waals surface area contributed by atoms with E-state index >= 15 is 0 Å². The third-order valence-electron chi connectivity index (χ3n) is 2.76. The number of aliphatic hydroxyl groups excluding tert-OH is 1. The van der Waals surface area contributed by atoms with Crippen molar-refractivity contribution >= 4 is 0 Å². The maximum Gasteiger partial charge on any atom is 0.125 e. The summed E-state index contributed by atoms with van der Waals surface area (Å²) in [5.41, 5.74) is 2.99. The van der Waals surface area contributed by atoms with Crippen LogP contribution < -0.4 is 4.74 Å². The molecule has 2 aromatic rings. The Morgan fingerprint density at radius 1 is 1.22 bits per heavy atom. The molecule has 1 N–H and O–H groups in total. The number of rotatable bonds is 4. The predicted octanol–water partition coefficient (Wildman–Crippen LogP) is 3.02. The van der Waals surface area contributed by atoms with Crippen LogP contribution in [0.25, 0.3) is 0 Å². The fourth-order valence-electron chi connectivity index (χ4n) is 1.75. The SMILES string of the molecule is Cc1ccc([C@@H](C)O)c(OCc2ccncc2)c1. The highest BCUT2D eigenvalue weighted by molar-refractivity contribution is 5.38. The van der Waals surface area contributed by atoms with Gasteiger partial charge >= 0.3 is 0 Å². The minimum absolute atomic E-state index is 0.478. The average Bonchev–Trinajstić information content (AvgIpc) is 2.37. The molecule has 3 nitrogen and oxygen atoms in total. The van der Waals surface area contributed by atoms with Crippen LogP contribution in [0, 0.1) is 6.92 Å². The largest absolute Gasteiger partial charge is 0.489 e. The number of aliphatic hydroxyl groups is 1. The monoisotopic (exact) mass is 243 g/mol. The molecule has 94 valence electrons. The van der Waals surface area contributed by atoms with Crippen LogP contribution in [0.15, 0.2) is 42.7 Å². The van der Waals surface area contributed by atoms with Crippen LogP contribution in [0.4, 0.5) is 0 Å². The molecule has 0 bridgehead atoms. The molecule has 0 amide bonds. The van der Waals surface area contributed by atoms with Crippen molar-refractivity contribution in [2.75, 3.05) is 0 Å². The van der Waals surface area contributed by atoms with E-state index in [1.54, 1.807) is 19.3 Å². The van der Waals surface area contributed by atoms with E-state index in [1.807, 2.05) is 37.3 Å². The number of nitrogens with zero attached hydrogens (tertiary/aromatic N) is 1. The number of hydrogen-bond acceptors (Lipinski definition) is 3. The number of aromatic nitrogens is 1. The zero-order chi connectivity index (χ0) is 13.0. The Balaban J connectivity index is 2.15. The van der Waals surface area contributed by atoms with Crippen LogP contribution in [-0.2, 0) is 6.61 Å². The van der Waals surface area contributed by atoms with Crippen LogP contribution in [0.3, 0.4) is 0 Å². The summed E-state index contributed by atoms with van der Waals surface area (Å²) in [5, 5.41) is 9.70. The normalized spacial score (nSPS) is 12.2. The minimum atomic E-state index is -0.530. The molecule has 0 aliphatic carbocycles. The first-order valence-corrected chi connectivity index (χ1v) is 5.97. The Hall–Kier alpha value is -1.87. The van der Waals surface area contributed by atoms with Gasteiger partial charge in [-0.25, -0.2) is 0 Å². The minimum Gasteiger partial charge on any atom is -0.489 e. The van der Waals surface area contributed by atoms with Crippen molar-refractivity contribution in [1.29, 1.82) is 0 Å². The summed E-state index contributed by atoms with van der Waals surface area (Å²) in [7, 11) is 0. The molecule has 0 spiro atoms. The molecule has 0 radical (unpaired) electrons. The van der Waals surface area contributed by atoms with Gasteiger partial charge in [-0.3, -0.25) is 4.98 Å². The van der Waals surface area contributed by atoms with Crippen LogP contribution in [-0.4, -0.2) is 10.1 Å². The summed E-state index contributed by atoms with van der Waals surface area (Å²) < 4.78 is 5.78. The summed E-state index contributed by atoms with van der Waals surface area (Å²) in [6.45, 7) is 4.22. The van der Waals surface area contributed by atoms with Gasteiger partial charge in [0.05, 0.1) is 6.10 Å². The maximum atomic E-state index is 9.70. The van der Waals surface area contributed by atoms with Crippen LogP contribution >= 0.6 is 0 Å². The fourth-order valence-corrected chi connectivity index (χ4v) is 1.75. The van der Waals surface area contributed by atoms with Gasteiger partial charge in [-0.1, -0.05) is 12.1 Å². The van der Waals surface area contributed by atoms with Gasteiger partial charge in [0.2, 0.25) is 0 Å². The van der Waals surface area contributed by atoms with Crippen molar-refractivity contribution in [1.82, 2.24) is 4.98 Å². The average molecular weight is 243 g/mol. The second kappa shape index (κ2) is 5.65. The van der Waals surface area contributed by atoms with E-state index in [1.165, 1.54) is 0 Å². The van der Waals surface area contributed by atoms with Gasteiger partial charge in [0, 0.05) is 18.0 Å². The van der Waals surface area contributed by atoms with E-state index < -0.39 is 6.10 Å². The smallest absolute Gasteiger partial charge is 0.125 e. The van der Waals surface area contributed by atoms with Gasteiger partial charge in [-0.15, -0.1) is 0 Å².